The molecule has 0 saturated heterocycles. The van der Waals surface area contributed by atoms with Crippen molar-refractivity contribution in [3.8, 4) is 0 Å². The Balaban J connectivity index is 1.64. The van der Waals surface area contributed by atoms with Crippen molar-refractivity contribution < 1.29 is 17.6 Å². The molecule has 8 nitrogen and oxygen atoms in total. The average Bonchev–Trinajstić information content (AvgIpc) is 3.47. The van der Waals surface area contributed by atoms with Gasteiger partial charge in [-0.3, -0.25) is 9.69 Å². The van der Waals surface area contributed by atoms with Gasteiger partial charge in [0.2, 0.25) is 10.0 Å². The summed E-state index contributed by atoms with van der Waals surface area (Å²) >= 11 is 1.23. The highest BCUT2D eigenvalue weighted by molar-refractivity contribution is 7.89. The highest BCUT2D eigenvalue weighted by Crippen LogP contribution is 2.31. The van der Waals surface area contributed by atoms with Crippen LogP contribution in [0.15, 0.2) is 66.1 Å². The smallest absolute Gasteiger partial charge is 0.260 e. The molecule has 0 saturated carbocycles. The quantitative estimate of drug-likeness (QED) is 0.379. The molecule has 0 bridgehead atoms. The van der Waals surface area contributed by atoms with Crippen molar-refractivity contribution in [2.24, 2.45) is 0 Å². The Morgan fingerprint density at radius 1 is 1.15 bits per heavy atom. The Labute approximate surface area is 195 Å². The molecule has 0 unspecified atom stereocenters. The van der Waals surface area contributed by atoms with E-state index < -0.39 is 15.8 Å². The first-order chi connectivity index (χ1) is 15.8. The topological polar surface area (TPSA) is 88.4 Å². The van der Waals surface area contributed by atoms with Crippen LogP contribution in [0.2, 0.25) is 0 Å². The fraction of sp³-hybridized carbons (Fsp3) is 0.227. The number of aromatic nitrogens is 3. The summed E-state index contributed by atoms with van der Waals surface area (Å²) < 4.78 is 42.5. The van der Waals surface area contributed by atoms with Gasteiger partial charge in [-0.05, 0) is 42.8 Å². The molecule has 0 spiro atoms. The molecule has 0 aliphatic carbocycles. The second-order valence-electron chi connectivity index (χ2n) is 7.51. The number of amides is 1. The molecule has 0 fully saturated rings. The minimum atomic E-state index is -3.61. The molecule has 11 heteroatoms. The van der Waals surface area contributed by atoms with Gasteiger partial charge in [0, 0.05) is 45.1 Å². The van der Waals surface area contributed by atoms with E-state index >= 15 is 0 Å². The SMILES string of the molecule is CN(C)S(=O)(=O)c1ccc(C(=O)N(CCCn2ccnc2)c2nc3c(F)cccc3s2)cc1. The predicted octanol–water partition coefficient (Wildman–Crippen LogP) is 3.62. The minimum Gasteiger partial charge on any atom is -0.337 e. The number of rotatable bonds is 8. The molecule has 1 amide bonds. The van der Waals surface area contributed by atoms with Crippen molar-refractivity contribution in [2.75, 3.05) is 25.5 Å². The van der Waals surface area contributed by atoms with Gasteiger partial charge >= 0.3 is 0 Å². The maximum atomic E-state index is 14.2. The molecule has 0 atom stereocenters. The van der Waals surface area contributed by atoms with Gasteiger partial charge in [-0.15, -0.1) is 0 Å². The number of benzene rings is 2. The molecular formula is C22H22FN5O3S2. The number of sulfonamides is 1. The summed E-state index contributed by atoms with van der Waals surface area (Å²) in [5.74, 6) is -0.784. The third-order valence-electron chi connectivity index (χ3n) is 5.07. The van der Waals surface area contributed by atoms with Crippen LogP contribution in [0.5, 0.6) is 0 Å². The van der Waals surface area contributed by atoms with E-state index in [0.717, 1.165) is 4.31 Å². The monoisotopic (exact) mass is 487 g/mol. The van der Waals surface area contributed by atoms with Gasteiger partial charge in [0.05, 0.1) is 15.9 Å². The summed E-state index contributed by atoms with van der Waals surface area (Å²) in [6.45, 7) is 0.985. The fourth-order valence-electron chi connectivity index (χ4n) is 3.27. The van der Waals surface area contributed by atoms with Crippen LogP contribution in [0.25, 0.3) is 10.2 Å². The zero-order valence-electron chi connectivity index (χ0n) is 18.1. The van der Waals surface area contributed by atoms with Crippen molar-refractivity contribution in [1.82, 2.24) is 18.8 Å². The molecule has 4 aromatic rings. The first kappa shape index (κ1) is 23.0. The van der Waals surface area contributed by atoms with E-state index in [1.54, 1.807) is 24.7 Å². The van der Waals surface area contributed by atoms with Crippen LogP contribution in [0.4, 0.5) is 9.52 Å². The van der Waals surface area contributed by atoms with Crippen molar-refractivity contribution in [3.63, 3.8) is 0 Å². The Hall–Kier alpha value is -3.15. The molecule has 0 aliphatic heterocycles. The molecule has 2 heterocycles. The fourth-order valence-corrected chi connectivity index (χ4v) is 5.18. The van der Waals surface area contributed by atoms with E-state index in [1.165, 1.54) is 60.7 Å². The number of nitrogens with zero attached hydrogens (tertiary/aromatic N) is 5. The zero-order chi connectivity index (χ0) is 23.6. The molecule has 4 rings (SSSR count). The van der Waals surface area contributed by atoms with Crippen molar-refractivity contribution in [1.29, 1.82) is 0 Å². The Morgan fingerprint density at radius 3 is 2.55 bits per heavy atom. The van der Waals surface area contributed by atoms with Crippen LogP contribution in [-0.4, -0.2) is 53.8 Å². The normalized spacial score (nSPS) is 11.9. The van der Waals surface area contributed by atoms with Crippen LogP contribution in [0.1, 0.15) is 16.8 Å². The van der Waals surface area contributed by atoms with Gasteiger partial charge < -0.3 is 4.57 Å². The number of imidazole rings is 1. The molecule has 0 radical (unpaired) electrons. The second kappa shape index (κ2) is 9.38. The van der Waals surface area contributed by atoms with Crippen LogP contribution < -0.4 is 4.90 Å². The van der Waals surface area contributed by atoms with Crippen LogP contribution in [0.3, 0.4) is 0 Å². The van der Waals surface area contributed by atoms with Crippen LogP contribution in [0, 0.1) is 5.82 Å². The number of halogens is 1. The van der Waals surface area contributed by atoms with E-state index in [9.17, 15) is 17.6 Å². The molecule has 0 aliphatic rings. The number of fused-ring (bicyclic) bond motifs is 1. The molecule has 2 aromatic carbocycles. The zero-order valence-corrected chi connectivity index (χ0v) is 19.7. The van der Waals surface area contributed by atoms with E-state index in [-0.39, 0.29) is 16.3 Å². The van der Waals surface area contributed by atoms with E-state index in [1.807, 2.05) is 10.8 Å². The average molecular weight is 488 g/mol. The highest BCUT2D eigenvalue weighted by Gasteiger charge is 2.23. The lowest BCUT2D eigenvalue weighted by atomic mass is 10.2. The third-order valence-corrected chi connectivity index (χ3v) is 7.94. The molecule has 2 aromatic heterocycles. The standard InChI is InChI=1S/C22H22FN5O3S2/c1-26(2)33(30,31)17-9-7-16(8-10-17)21(29)28(13-4-12-27-14-11-24-15-27)22-25-20-18(23)5-3-6-19(20)32-22/h3,5-11,14-15H,4,12-13H2,1-2H3. The predicted molar refractivity (Wildman–Crippen MR) is 125 cm³/mol. The maximum absolute atomic E-state index is 14.2. The van der Waals surface area contributed by atoms with E-state index in [2.05, 4.69) is 9.97 Å². The van der Waals surface area contributed by atoms with Gasteiger partial charge in [-0.25, -0.2) is 27.1 Å². The Kier molecular flexibility index (Phi) is 6.54. The number of anilines is 1. The minimum absolute atomic E-state index is 0.0952. The molecule has 0 N–H and O–H groups in total. The van der Waals surface area contributed by atoms with Gasteiger partial charge in [-0.1, -0.05) is 17.4 Å². The first-order valence-corrected chi connectivity index (χ1v) is 12.4. The lowest BCUT2D eigenvalue weighted by Crippen LogP contribution is -2.32. The Bertz CT molecular complexity index is 1370. The summed E-state index contributed by atoms with van der Waals surface area (Å²) in [5, 5.41) is 0.385. The van der Waals surface area contributed by atoms with E-state index in [0.29, 0.717) is 34.9 Å². The number of carbonyl (C=O) groups is 1. The third kappa shape index (κ3) is 4.80. The number of thiazole rings is 1. The van der Waals surface area contributed by atoms with Gasteiger partial charge in [-0.2, -0.15) is 0 Å². The van der Waals surface area contributed by atoms with Crippen LogP contribution in [-0.2, 0) is 16.6 Å². The number of para-hydroxylation sites is 1. The first-order valence-electron chi connectivity index (χ1n) is 10.1. The summed E-state index contributed by atoms with van der Waals surface area (Å²) in [4.78, 5) is 23.4. The van der Waals surface area contributed by atoms with Crippen molar-refractivity contribution in [2.45, 2.75) is 17.9 Å². The number of hydrogen-bond acceptors (Lipinski definition) is 6. The van der Waals surface area contributed by atoms with Gasteiger partial charge in [0.15, 0.2) is 5.13 Å². The number of carbonyl (C=O) groups excluding carboxylic acids is 1. The largest absolute Gasteiger partial charge is 0.337 e. The van der Waals surface area contributed by atoms with E-state index in [4.69, 9.17) is 0 Å². The summed E-state index contributed by atoms with van der Waals surface area (Å²) in [7, 11) is -0.711. The van der Waals surface area contributed by atoms with Gasteiger partial charge in [0.25, 0.3) is 5.91 Å². The van der Waals surface area contributed by atoms with Gasteiger partial charge in [0.1, 0.15) is 11.3 Å². The number of aryl methyl sites for hydroxylation is 1. The summed E-state index contributed by atoms with van der Waals surface area (Å²) in [6.07, 6.45) is 5.84. The summed E-state index contributed by atoms with van der Waals surface area (Å²) in [6, 6.07) is 10.5. The number of hydrogen-bond donors (Lipinski definition) is 0. The molecular weight excluding hydrogens is 465 g/mol. The lowest BCUT2D eigenvalue weighted by molar-refractivity contribution is 0.0986. The maximum Gasteiger partial charge on any atom is 0.260 e. The molecule has 172 valence electrons. The lowest BCUT2D eigenvalue weighted by Gasteiger charge is -2.20. The Morgan fingerprint density at radius 2 is 1.91 bits per heavy atom. The van der Waals surface area contributed by atoms with Crippen LogP contribution >= 0.6 is 11.3 Å². The van der Waals surface area contributed by atoms with Crippen molar-refractivity contribution >= 4 is 42.6 Å². The molecule has 33 heavy (non-hydrogen) atoms. The highest BCUT2D eigenvalue weighted by atomic mass is 32.2. The van der Waals surface area contributed by atoms with Crippen molar-refractivity contribution in [3.05, 3.63) is 72.6 Å². The summed E-state index contributed by atoms with van der Waals surface area (Å²) in [5.41, 5.74) is 0.535. The second-order valence-corrected chi connectivity index (χ2v) is 10.7.